The summed E-state index contributed by atoms with van der Waals surface area (Å²) in [5, 5.41) is 23.9. The van der Waals surface area contributed by atoms with Crippen LogP contribution in [0.3, 0.4) is 0 Å². The highest BCUT2D eigenvalue weighted by molar-refractivity contribution is 6.18. The summed E-state index contributed by atoms with van der Waals surface area (Å²) in [6, 6.07) is 0. The van der Waals surface area contributed by atoms with Crippen molar-refractivity contribution in [3.63, 3.8) is 0 Å². The smallest absolute Gasteiger partial charge is 0.298 e. The highest BCUT2D eigenvalue weighted by atomic mass is 16.6. The molecule has 9 nitrogen and oxygen atoms in total. The van der Waals surface area contributed by atoms with Crippen molar-refractivity contribution >= 4 is 18.0 Å². The summed E-state index contributed by atoms with van der Waals surface area (Å²) < 4.78 is 25.8. The second-order valence-electron chi connectivity index (χ2n) is 15.4. The molecular formula is C38H44O9. The lowest BCUT2D eigenvalue weighted by Crippen LogP contribution is -2.72. The van der Waals surface area contributed by atoms with Crippen LogP contribution in [0.4, 0.5) is 0 Å². The first-order chi connectivity index (χ1) is 22.0. The molecule has 3 aliphatic heterocycles. The second kappa shape index (κ2) is 10.2. The van der Waals surface area contributed by atoms with E-state index in [4.69, 9.17) is 18.9 Å². The zero-order valence-electron chi connectivity index (χ0n) is 28.2. The number of phenols is 1. The van der Waals surface area contributed by atoms with Crippen molar-refractivity contribution in [3.8, 4) is 17.2 Å². The van der Waals surface area contributed by atoms with Crippen LogP contribution in [0.25, 0.3) is 0 Å². The fourth-order valence-electron chi connectivity index (χ4n) is 9.67. The van der Waals surface area contributed by atoms with Gasteiger partial charge in [-0.05, 0) is 86.1 Å². The Hall–Kier alpha value is -3.69. The van der Waals surface area contributed by atoms with Crippen LogP contribution in [-0.2, 0) is 25.5 Å². The van der Waals surface area contributed by atoms with Crippen LogP contribution in [0.1, 0.15) is 102 Å². The molecule has 4 aliphatic carbocycles. The number of rotatable bonds is 7. The zero-order chi connectivity index (χ0) is 34.0. The molecule has 5 unspecified atom stereocenters. The van der Waals surface area contributed by atoms with Crippen LogP contribution in [0.15, 0.2) is 47.3 Å². The van der Waals surface area contributed by atoms with Crippen LogP contribution in [0.5, 0.6) is 17.2 Å². The van der Waals surface area contributed by atoms with Gasteiger partial charge in [-0.15, -0.1) is 0 Å². The van der Waals surface area contributed by atoms with E-state index >= 15 is 0 Å². The Bertz CT molecular complexity index is 1740. The Morgan fingerprint density at radius 3 is 2.49 bits per heavy atom. The minimum absolute atomic E-state index is 0.0191. The number of aromatic hydroxyl groups is 1. The van der Waals surface area contributed by atoms with Crippen molar-refractivity contribution in [2.24, 2.45) is 17.8 Å². The number of carbonyl (C=O) groups excluding carboxylic acids is 3. The second-order valence-corrected chi connectivity index (χ2v) is 15.4. The van der Waals surface area contributed by atoms with Gasteiger partial charge in [-0.3, -0.25) is 14.4 Å². The van der Waals surface area contributed by atoms with Gasteiger partial charge in [0, 0.05) is 40.9 Å². The number of phenolic OH excluding ortho intramolecular Hbond substituents is 1. The lowest BCUT2D eigenvalue weighted by atomic mass is 9.51. The zero-order valence-corrected chi connectivity index (χ0v) is 28.2. The monoisotopic (exact) mass is 644 g/mol. The molecular weight excluding hydrogens is 600 g/mol. The van der Waals surface area contributed by atoms with E-state index in [1.807, 2.05) is 47.6 Å². The van der Waals surface area contributed by atoms with E-state index in [2.05, 4.69) is 6.58 Å². The third-order valence-electron chi connectivity index (χ3n) is 11.9. The fourth-order valence-corrected chi connectivity index (χ4v) is 9.67. The molecule has 250 valence electrons. The maximum Gasteiger partial charge on any atom is 0.298 e. The van der Waals surface area contributed by atoms with Crippen molar-refractivity contribution in [2.45, 2.75) is 115 Å². The SMILES string of the molecule is C=C(C)C1CC[C@@]2(C)Oc3c(CC=C(C)C)c4c(c(O)c3[C@@H]1C2O)C(=O)C1=CC2CC3C(C)(C)OC(C/C=C(/C)OC=O)(C2=O)[C@@]13O4. The Labute approximate surface area is 275 Å². The molecule has 3 heterocycles. The van der Waals surface area contributed by atoms with Crippen LogP contribution >= 0.6 is 0 Å². The van der Waals surface area contributed by atoms with Crippen LogP contribution in [0.2, 0.25) is 0 Å². The highest BCUT2D eigenvalue weighted by Gasteiger charge is 2.81. The molecule has 3 fully saturated rings. The largest absolute Gasteiger partial charge is 0.507 e. The van der Waals surface area contributed by atoms with Crippen LogP contribution in [0, 0.1) is 17.8 Å². The predicted octanol–water partition coefficient (Wildman–Crippen LogP) is 5.96. The number of hydrogen-bond acceptors (Lipinski definition) is 9. The van der Waals surface area contributed by atoms with E-state index in [1.165, 1.54) is 0 Å². The number of fused-ring (bicyclic) bond motifs is 5. The Kier molecular flexibility index (Phi) is 6.89. The van der Waals surface area contributed by atoms with E-state index in [-0.39, 0.29) is 41.1 Å². The average Bonchev–Trinajstić information content (AvgIpc) is 3.14. The number of aliphatic hydroxyl groups excluding tert-OH is 1. The first kappa shape index (κ1) is 31.9. The maximum absolute atomic E-state index is 15.0. The molecule has 2 N–H and O–H groups in total. The first-order valence-corrected chi connectivity index (χ1v) is 16.6. The third-order valence-corrected chi connectivity index (χ3v) is 11.9. The summed E-state index contributed by atoms with van der Waals surface area (Å²) in [6.07, 6.45) is 6.51. The van der Waals surface area contributed by atoms with E-state index in [0.29, 0.717) is 60.4 Å². The number of hydrogen-bond donors (Lipinski definition) is 2. The number of carbonyl (C=O) groups is 3. The lowest BCUT2D eigenvalue weighted by Gasteiger charge is -2.57. The molecule has 8 atom stereocenters. The van der Waals surface area contributed by atoms with E-state index < -0.39 is 46.1 Å². The van der Waals surface area contributed by atoms with E-state index in [9.17, 15) is 24.6 Å². The molecule has 1 aromatic carbocycles. The number of ether oxygens (including phenoxy) is 4. The molecule has 6 bridgehead atoms. The average molecular weight is 645 g/mol. The summed E-state index contributed by atoms with van der Waals surface area (Å²) in [5.41, 5.74) is -1.64. The summed E-state index contributed by atoms with van der Waals surface area (Å²) in [6.45, 7) is 17.8. The maximum atomic E-state index is 15.0. The fraction of sp³-hybridized carbons (Fsp3) is 0.553. The molecule has 0 aromatic heterocycles. The molecule has 0 radical (unpaired) electrons. The predicted molar refractivity (Wildman–Crippen MR) is 172 cm³/mol. The van der Waals surface area contributed by atoms with Crippen molar-refractivity contribution < 1.29 is 43.5 Å². The standard InChI is InChI=1S/C38H44O9/c1-18(2)9-10-23-31-27(26-22(19(3)4)12-13-36(8,45-31)34(26)43)30(41)28-29(40)24-15-21-16-25-35(6,7)47-37(33(21)42,14-11-20(5)44-17-39)38(24,25)46-32(23)28/h9,11,15,17,21-22,25-26,34,41,43H,3,10,12-14,16H2,1-2,4-8H3/b20-11-/t21?,22?,25?,26-,34?,36-,37?,38-/m1/s1. The number of aliphatic hydroxyl groups is 1. The van der Waals surface area contributed by atoms with Crippen molar-refractivity contribution in [1.82, 2.24) is 0 Å². The molecule has 2 saturated carbocycles. The minimum Gasteiger partial charge on any atom is -0.507 e. The highest BCUT2D eigenvalue weighted by Crippen LogP contribution is 2.69. The molecule has 9 heteroatoms. The van der Waals surface area contributed by atoms with Gasteiger partial charge in [0.15, 0.2) is 22.8 Å². The van der Waals surface area contributed by atoms with Gasteiger partial charge in [-0.1, -0.05) is 29.9 Å². The molecule has 8 rings (SSSR count). The third kappa shape index (κ3) is 3.99. The van der Waals surface area contributed by atoms with E-state index in [0.717, 1.165) is 11.1 Å². The number of ketones is 2. The lowest BCUT2D eigenvalue weighted by molar-refractivity contribution is -0.171. The normalized spacial score (nSPS) is 37.1. The molecule has 0 amide bonds. The van der Waals surface area contributed by atoms with Gasteiger partial charge in [0.25, 0.3) is 6.47 Å². The van der Waals surface area contributed by atoms with Gasteiger partial charge >= 0.3 is 0 Å². The molecule has 1 aromatic rings. The molecule has 47 heavy (non-hydrogen) atoms. The molecule has 7 aliphatic rings. The number of Topliss-reactive ketones (excluding diaryl/α,β-unsaturated/α-hetero) is 2. The summed E-state index contributed by atoms with van der Waals surface area (Å²) in [4.78, 5) is 40.5. The van der Waals surface area contributed by atoms with Crippen molar-refractivity contribution in [3.05, 3.63) is 64.0 Å². The van der Waals surface area contributed by atoms with Gasteiger partial charge in [-0.25, -0.2) is 0 Å². The topological polar surface area (TPSA) is 129 Å². The van der Waals surface area contributed by atoms with Gasteiger partial charge in [0.2, 0.25) is 0 Å². The van der Waals surface area contributed by atoms with Crippen LogP contribution in [-0.4, -0.2) is 56.8 Å². The van der Waals surface area contributed by atoms with Gasteiger partial charge < -0.3 is 29.2 Å². The number of benzene rings is 1. The summed E-state index contributed by atoms with van der Waals surface area (Å²) in [5.74, 6) is -1.62. The Morgan fingerprint density at radius 1 is 1.11 bits per heavy atom. The minimum atomic E-state index is -1.58. The van der Waals surface area contributed by atoms with Crippen molar-refractivity contribution in [1.29, 1.82) is 0 Å². The van der Waals surface area contributed by atoms with Crippen LogP contribution < -0.4 is 9.47 Å². The Morgan fingerprint density at radius 2 is 1.83 bits per heavy atom. The number of allylic oxidation sites excluding steroid dienone is 5. The van der Waals surface area contributed by atoms with Crippen molar-refractivity contribution in [2.75, 3.05) is 0 Å². The molecule has 1 saturated heterocycles. The van der Waals surface area contributed by atoms with Gasteiger partial charge in [0.05, 0.1) is 5.60 Å². The van der Waals surface area contributed by atoms with Gasteiger partial charge in [0.1, 0.15) is 40.3 Å². The summed E-state index contributed by atoms with van der Waals surface area (Å²) in [7, 11) is 0. The quantitative estimate of drug-likeness (QED) is 0.210. The van der Waals surface area contributed by atoms with E-state index in [1.54, 1.807) is 19.1 Å². The molecule has 1 spiro atoms. The summed E-state index contributed by atoms with van der Waals surface area (Å²) >= 11 is 0. The first-order valence-electron chi connectivity index (χ1n) is 16.6. The van der Waals surface area contributed by atoms with Gasteiger partial charge in [-0.2, -0.15) is 0 Å². The Balaban J connectivity index is 1.52.